The van der Waals surface area contributed by atoms with Crippen molar-refractivity contribution in [3.05, 3.63) is 35.9 Å². The molecule has 0 saturated heterocycles. The van der Waals surface area contributed by atoms with Crippen LogP contribution >= 0.6 is 0 Å². The lowest BCUT2D eigenvalue weighted by atomic mass is 9.80. The second-order valence-corrected chi connectivity index (χ2v) is 5.28. The Labute approximate surface area is 119 Å². The predicted octanol–water partition coefficient (Wildman–Crippen LogP) is 1.59. The van der Waals surface area contributed by atoms with Gasteiger partial charge in [0.2, 0.25) is 0 Å². The van der Waals surface area contributed by atoms with E-state index in [0.29, 0.717) is 13.1 Å². The average molecular weight is 278 g/mol. The monoisotopic (exact) mass is 278 g/mol. The van der Waals surface area contributed by atoms with Crippen molar-refractivity contribution in [2.24, 2.45) is 0 Å². The summed E-state index contributed by atoms with van der Waals surface area (Å²) >= 11 is 0. The van der Waals surface area contributed by atoms with Gasteiger partial charge in [-0.05, 0) is 24.8 Å². The van der Waals surface area contributed by atoms with E-state index in [1.165, 1.54) is 0 Å². The first-order valence-electron chi connectivity index (χ1n) is 6.95. The third-order valence-electron chi connectivity index (χ3n) is 3.77. The van der Waals surface area contributed by atoms with E-state index in [0.717, 1.165) is 24.8 Å². The summed E-state index contributed by atoms with van der Waals surface area (Å²) in [4.78, 5) is 11.7. The first-order valence-corrected chi connectivity index (χ1v) is 6.95. The average Bonchev–Trinajstić information content (AvgIpc) is 2.45. The Morgan fingerprint density at radius 3 is 2.60 bits per heavy atom. The van der Waals surface area contributed by atoms with Gasteiger partial charge in [0.25, 0.3) is 0 Å². The number of carbonyl (C=O) groups excluding carboxylic acids is 1. The summed E-state index contributed by atoms with van der Waals surface area (Å²) in [6, 6.07) is 9.47. The molecule has 110 valence electrons. The van der Waals surface area contributed by atoms with Crippen molar-refractivity contribution >= 4 is 6.03 Å². The molecule has 0 spiro atoms. The van der Waals surface area contributed by atoms with Gasteiger partial charge in [-0.3, -0.25) is 0 Å². The Morgan fingerprint density at radius 1 is 1.35 bits per heavy atom. The maximum atomic E-state index is 11.7. The molecule has 0 aromatic heterocycles. The number of ether oxygens (including phenoxy) is 1. The molecule has 5 nitrogen and oxygen atoms in total. The highest BCUT2D eigenvalue weighted by Gasteiger charge is 2.34. The first-order chi connectivity index (χ1) is 9.63. The van der Waals surface area contributed by atoms with Crippen LogP contribution in [-0.2, 0) is 4.74 Å². The summed E-state index contributed by atoms with van der Waals surface area (Å²) in [6.07, 6.45) is 2.38. The molecule has 0 radical (unpaired) electrons. The maximum absolute atomic E-state index is 11.7. The molecule has 20 heavy (non-hydrogen) atoms. The van der Waals surface area contributed by atoms with Crippen LogP contribution in [0.3, 0.4) is 0 Å². The summed E-state index contributed by atoms with van der Waals surface area (Å²) in [5.74, 6) is 0. The third-order valence-corrected chi connectivity index (χ3v) is 3.77. The number of hydrogen-bond donors (Lipinski definition) is 3. The topological polar surface area (TPSA) is 70.6 Å². The third kappa shape index (κ3) is 3.95. The van der Waals surface area contributed by atoms with Gasteiger partial charge >= 0.3 is 6.03 Å². The fourth-order valence-corrected chi connectivity index (χ4v) is 2.26. The number of benzene rings is 1. The van der Waals surface area contributed by atoms with Crippen molar-refractivity contribution in [1.29, 1.82) is 0 Å². The number of urea groups is 1. The largest absolute Gasteiger partial charge is 0.388 e. The van der Waals surface area contributed by atoms with Crippen molar-refractivity contribution in [3.63, 3.8) is 0 Å². The minimum atomic E-state index is -0.697. The number of aliphatic hydroxyl groups is 1. The SMILES string of the molecule is COC(CNC(=O)NCC1(O)CCC1)c1ccccc1. The molecule has 1 fully saturated rings. The Hall–Kier alpha value is -1.59. The van der Waals surface area contributed by atoms with E-state index in [-0.39, 0.29) is 12.1 Å². The zero-order valence-corrected chi connectivity index (χ0v) is 11.8. The van der Waals surface area contributed by atoms with Crippen molar-refractivity contribution in [2.75, 3.05) is 20.2 Å². The van der Waals surface area contributed by atoms with E-state index in [1.54, 1.807) is 7.11 Å². The van der Waals surface area contributed by atoms with E-state index in [4.69, 9.17) is 4.74 Å². The molecular formula is C15H22N2O3. The fraction of sp³-hybridized carbons (Fsp3) is 0.533. The Bertz CT molecular complexity index is 432. The highest BCUT2D eigenvalue weighted by atomic mass is 16.5. The molecule has 3 N–H and O–H groups in total. The van der Waals surface area contributed by atoms with Gasteiger partial charge in [0, 0.05) is 20.2 Å². The number of amides is 2. The Morgan fingerprint density at radius 2 is 2.05 bits per heavy atom. The van der Waals surface area contributed by atoms with E-state index in [2.05, 4.69) is 10.6 Å². The molecule has 0 heterocycles. The van der Waals surface area contributed by atoms with Gasteiger partial charge in [0.1, 0.15) is 0 Å². The van der Waals surface area contributed by atoms with Crippen molar-refractivity contribution in [2.45, 2.75) is 31.0 Å². The summed E-state index contributed by atoms with van der Waals surface area (Å²) in [5.41, 5.74) is 0.324. The van der Waals surface area contributed by atoms with Gasteiger partial charge in [-0.25, -0.2) is 4.79 Å². The summed E-state index contributed by atoms with van der Waals surface area (Å²) < 4.78 is 5.37. The zero-order valence-electron chi connectivity index (χ0n) is 11.8. The molecular weight excluding hydrogens is 256 g/mol. The minimum Gasteiger partial charge on any atom is -0.388 e. The number of hydrogen-bond acceptors (Lipinski definition) is 3. The van der Waals surface area contributed by atoms with Gasteiger partial charge in [-0.15, -0.1) is 0 Å². The molecule has 1 aliphatic rings. The minimum absolute atomic E-state index is 0.172. The number of nitrogens with one attached hydrogen (secondary N) is 2. The Balaban J connectivity index is 1.74. The lowest BCUT2D eigenvalue weighted by Gasteiger charge is -2.36. The van der Waals surface area contributed by atoms with Crippen LogP contribution in [0.2, 0.25) is 0 Å². The maximum Gasteiger partial charge on any atom is 0.314 e. The van der Waals surface area contributed by atoms with Crippen LogP contribution in [0.1, 0.15) is 30.9 Å². The molecule has 0 bridgehead atoms. The lowest BCUT2D eigenvalue weighted by Crippen LogP contribution is -2.50. The molecule has 2 amide bonds. The van der Waals surface area contributed by atoms with Crippen LogP contribution < -0.4 is 10.6 Å². The van der Waals surface area contributed by atoms with E-state index >= 15 is 0 Å². The van der Waals surface area contributed by atoms with Crippen molar-refractivity contribution < 1.29 is 14.6 Å². The van der Waals surface area contributed by atoms with Crippen molar-refractivity contribution in [3.8, 4) is 0 Å². The van der Waals surface area contributed by atoms with Gasteiger partial charge in [-0.2, -0.15) is 0 Å². The summed E-state index contributed by atoms with van der Waals surface area (Å²) in [5, 5.41) is 15.4. The molecule has 1 atom stereocenters. The van der Waals surface area contributed by atoms with Crippen molar-refractivity contribution in [1.82, 2.24) is 10.6 Å². The summed E-state index contributed by atoms with van der Waals surface area (Å²) in [6.45, 7) is 0.701. The highest BCUT2D eigenvalue weighted by Crippen LogP contribution is 2.30. The van der Waals surface area contributed by atoms with Gasteiger partial charge < -0.3 is 20.5 Å². The molecule has 1 aromatic carbocycles. The second kappa shape index (κ2) is 6.72. The predicted molar refractivity (Wildman–Crippen MR) is 76.4 cm³/mol. The van der Waals surface area contributed by atoms with Gasteiger partial charge in [0.05, 0.1) is 11.7 Å². The molecule has 1 unspecified atom stereocenters. The number of carbonyl (C=O) groups is 1. The van der Waals surface area contributed by atoms with Crippen LogP contribution in [0, 0.1) is 0 Å². The van der Waals surface area contributed by atoms with Crippen LogP contribution in [0.15, 0.2) is 30.3 Å². The van der Waals surface area contributed by atoms with E-state index in [9.17, 15) is 9.90 Å². The zero-order chi connectivity index (χ0) is 14.4. The smallest absolute Gasteiger partial charge is 0.314 e. The molecule has 2 rings (SSSR count). The highest BCUT2D eigenvalue weighted by molar-refractivity contribution is 5.73. The molecule has 5 heteroatoms. The van der Waals surface area contributed by atoms with Gasteiger partial charge in [0.15, 0.2) is 0 Å². The fourth-order valence-electron chi connectivity index (χ4n) is 2.26. The molecule has 1 aliphatic carbocycles. The number of rotatable bonds is 6. The lowest BCUT2D eigenvalue weighted by molar-refractivity contribution is -0.0290. The second-order valence-electron chi connectivity index (χ2n) is 5.28. The normalized spacial score (nSPS) is 17.9. The summed E-state index contributed by atoms with van der Waals surface area (Å²) in [7, 11) is 1.62. The van der Waals surface area contributed by atoms with E-state index < -0.39 is 5.60 Å². The molecule has 0 aliphatic heterocycles. The molecule has 1 saturated carbocycles. The quantitative estimate of drug-likeness (QED) is 0.740. The van der Waals surface area contributed by atoms with Crippen LogP contribution in [0.4, 0.5) is 4.79 Å². The van der Waals surface area contributed by atoms with Crippen LogP contribution in [0.5, 0.6) is 0 Å². The standard InChI is InChI=1S/C15H22N2O3/c1-20-13(12-6-3-2-4-7-12)10-16-14(18)17-11-15(19)8-5-9-15/h2-4,6-7,13,19H,5,8-11H2,1H3,(H2,16,17,18). The number of methoxy groups -OCH3 is 1. The molecule has 1 aromatic rings. The van der Waals surface area contributed by atoms with Gasteiger partial charge in [-0.1, -0.05) is 30.3 Å². The first kappa shape index (κ1) is 14.8. The Kier molecular flexibility index (Phi) is 4.98. The van der Waals surface area contributed by atoms with Crippen LogP contribution in [-0.4, -0.2) is 36.9 Å². The van der Waals surface area contributed by atoms with Crippen LogP contribution in [0.25, 0.3) is 0 Å². The van der Waals surface area contributed by atoms with E-state index in [1.807, 2.05) is 30.3 Å².